The molecule has 2 atom stereocenters. The number of rotatable bonds is 7. The van der Waals surface area contributed by atoms with Gasteiger partial charge in [-0.1, -0.05) is 33.6 Å². The van der Waals surface area contributed by atoms with Crippen molar-refractivity contribution >= 4 is 0 Å². The van der Waals surface area contributed by atoms with Gasteiger partial charge in [-0.3, -0.25) is 0 Å². The molecular weight excluding hydrogens is 248 g/mol. The third-order valence-electron chi connectivity index (χ3n) is 4.45. The molecule has 0 saturated heterocycles. The molecule has 1 aliphatic rings. The number of hydrogen-bond donors (Lipinski definition) is 0. The van der Waals surface area contributed by atoms with Gasteiger partial charge in [0.05, 0.1) is 13.7 Å². The van der Waals surface area contributed by atoms with Crippen LogP contribution in [0.3, 0.4) is 0 Å². The van der Waals surface area contributed by atoms with Crippen LogP contribution in [0.4, 0.5) is 0 Å². The zero-order valence-electron chi connectivity index (χ0n) is 13.4. The van der Waals surface area contributed by atoms with Gasteiger partial charge in [-0.2, -0.15) is 0 Å². The summed E-state index contributed by atoms with van der Waals surface area (Å²) in [6.07, 6.45) is 5.99. The van der Waals surface area contributed by atoms with Gasteiger partial charge in [0.2, 0.25) is 0 Å². The smallest absolute Gasteiger partial charge is 0.126 e. The van der Waals surface area contributed by atoms with Crippen LogP contribution in [0, 0.1) is 5.92 Å². The Morgan fingerprint density at radius 2 is 2.10 bits per heavy atom. The van der Waals surface area contributed by atoms with E-state index in [0.717, 1.165) is 30.4 Å². The highest BCUT2D eigenvalue weighted by molar-refractivity contribution is 5.50. The van der Waals surface area contributed by atoms with Crippen LogP contribution in [0.15, 0.2) is 12.1 Å². The molecule has 0 saturated carbocycles. The zero-order valence-corrected chi connectivity index (χ0v) is 13.4. The quantitative estimate of drug-likeness (QED) is 0.701. The molecule has 0 N–H and O–H groups in total. The van der Waals surface area contributed by atoms with E-state index in [9.17, 15) is 0 Å². The summed E-state index contributed by atoms with van der Waals surface area (Å²) >= 11 is 0. The topological polar surface area (TPSA) is 18.5 Å². The molecule has 0 aromatic heterocycles. The molecule has 20 heavy (non-hydrogen) atoms. The van der Waals surface area contributed by atoms with Gasteiger partial charge in [-0.15, -0.1) is 0 Å². The molecule has 2 heteroatoms. The highest BCUT2D eigenvalue weighted by Crippen LogP contribution is 2.39. The highest BCUT2D eigenvalue weighted by Gasteiger charge is 2.22. The van der Waals surface area contributed by atoms with Crippen molar-refractivity contribution in [3.8, 4) is 11.5 Å². The van der Waals surface area contributed by atoms with Gasteiger partial charge in [0.1, 0.15) is 11.5 Å². The molecule has 1 heterocycles. The Labute approximate surface area is 123 Å². The molecule has 0 radical (unpaired) electrons. The summed E-state index contributed by atoms with van der Waals surface area (Å²) in [6, 6.07) is 4.48. The number of hydrogen-bond acceptors (Lipinski definition) is 2. The maximum Gasteiger partial charge on any atom is 0.126 e. The summed E-state index contributed by atoms with van der Waals surface area (Å²) in [5.41, 5.74) is 2.63. The summed E-state index contributed by atoms with van der Waals surface area (Å²) in [4.78, 5) is 0. The second-order valence-electron chi connectivity index (χ2n) is 6.03. The van der Waals surface area contributed by atoms with Crippen LogP contribution < -0.4 is 9.47 Å². The van der Waals surface area contributed by atoms with Crippen LogP contribution >= 0.6 is 0 Å². The molecule has 0 bridgehead atoms. The average Bonchev–Trinajstić information content (AvgIpc) is 2.92. The Morgan fingerprint density at radius 1 is 1.30 bits per heavy atom. The van der Waals surface area contributed by atoms with Crippen LogP contribution in [0.2, 0.25) is 0 Å². The zero-order chi connectivity index (χ0) is 14.5. The minimum Gasteiger partial charge on any atom is -0.496 e. The van der Waals surface area contributed by atoms with Crippen molar-refractivity contribution < 1.29 is 9.47 Å². The molecule has 0 aliphatic carbocycles. The van der Waals surface area contributed by atoms with E-state index in [1.807, 2.05) is 0 Å². The fourth-order valence-electron chi connectivity index (χ4n) is 3.33. The van der Waals surface area contributed by atoms with Crippen molar-refractivity contribution in [2.24, 2.45) is 5.92 Å². The molecule has 112 valence electrons. The van der Waals surface area contributed by atoms with Crippen molar-refractivity contribution in [3.63, 3.8) is 0 Å². The normalized spacial score (nSPS) is 16.4. The molecule has 2 nitrogen and oxygen atoms in total. The molecule has 0 amide bonds. The predicted octanol–water partition coefficient (Wildman–Crippen LogP) is 4.95. The lowest BCUT2D eigenvalue weighted by Crippen LogP contribution is -2.05. The average molecular weight is 276 g/mol. The maximum atomic E-state index is 5.75. The molecule has 0 fully saturated rings. The van der Waals surface area contributed by atoms with Crippen molar-refractivity contribution in [2.45, 2.75) is 58.8 Å². The molecule has 1 aromatic carbocycles. The van der Waals surface area contributed by atoms with Crippen LogP contribution in [-0.2, 0) is 6.42 Å². The van der Waals surface area contributed by atoms with Crippen LogP contribution in [0.1, 0.15) is 63.5 Å². The van der Waals surface area contributed by atoms with Crippen molar-refractivity contribution in [3.05, 3.63) is 23.3 Å². The third kappa shape index (κ3) is 3.28. The van der Waals surface area contributed by atoms with Crippen molar-refractivity contribution in [1.29, 1.82) is 0 Å². The first-order valence-electron chi connectivity index (χ1n) is 8.03. The number of benzene rings is 1. The van der Waals surface area contributed by atoms with Gasteiger partial charge in [0.15, 0.2) is 0 Å². The van der Waals surface area contributed by atoms with Crippen molar-refractivity contribution in [2.75, 3.05) is 13.7 Å². The fraction of sp³-hybridized carbons (Fsp3) is 0.667. The van der Waals surface area contributed by atoms with Gasteiger partial charge >= 0.3 is 0 Å². The monoisotopic (exact) mass is 276 g/mol. The molecular formula is C18H28O2. The molecule has 2 unspecified atom stereocenters. The van der Waals surface area contributed by atoms with Crippen molar-refractivity contribution in [1.82, 2.24) is 0 Å². The first-order valence-corrected chi connectivity index (χ1v) is 8.03. The number of fused-ring (bicyclic) bond motifs is 1. The van der Waals surface area contributed by atoms with Crippen LogP contribution in [0.25, 0.3) is 0 Å². The molecule has 2 rings (SSSR count). The first-order chi connectivity index (χ1) is 9.69. The Kier molecular flexibility index (Phi) is 5.33. The van der Waals surface area contributed by atoms with E-state index in [0.29, 0.717) is 5.92 Å². The van der Waals surface area contributed by atoms with E-state index >= 15 is 0 Å². The Balaban J connectivity index is 2.21. The standard InChI is InChI=1S/C18H28O2/c1-5-7-13(3)10-14(6-2)15-11-17(19-4)16-8-9-20-18(16)12-15/h11-14H,5-10H2,1-4H3. The minimum absolute atomic E-state index is 0.611. The van der Waals surface area contributed by atoms with Crippen LogP contribution in [0.5, 0.6) is 11.5 Å². The largest absolute Gasteiger partial charge is 0.496 e. The second kappa shape index (κ2) is 7.01. The Morgan fingerprint density at radius 3 is 2.75 bits per heavy atom. The minimum atomic E-state index is 0.611. The van der Waals surface area contributed by atoms with Gasteiger partial charge in [0.25, 0.3) is 0 Å². The molecule has 1 aromatic rings. The van der Waals surface area contributed by atoms with E-state index in [4.69, 9.17) is 9.47 Å². The van der Waals surface area contributed by atoms with E-state index in [1.54, 1.807) is 7.11 Å². The summed E-state index contributed by atoms with van der Waals surface area (Å²) in [7, 11) is 1.76. The van der Waals surface area contributed by atoms with Crippen LogP contribution in [-0.4, -0.2) is 13.7 Å². The lowest BCUT2D eigenvalue weighted by atomic mass is 9.85. The third-order valence-corrected chi connectivity index (χ3v) is 4.45. The molecule has 0 spiro atoms. The SMILES string of the molecule is CCCC(C)CC(CC)c1cc(OC)c2c(c1)OCC2. The highest BCUT2D eigenvalue weighted by atomic mass is 16.5. The van der Waals surface area contributed by atoms with Gasteiger partial charge in [-0.05, 0) is 42.4 Å². The van der Waals surface area contributed by atoms with E-state index in [2.05, 4.69) is 32.9 Å². The summed E-state index contributed by atoms with van der Waals surface area (Å²) in [5.74, 6) is 3.45. The Hall–Kier alpha value is -1.18. The number of methoxy groups -OCH3 is 1. The summed E-state index contributed by atoms with van der Waals surface area (Å²) in [6.45, 7) is 7.71. The maximum absolute atomic E-state index is 5.75. The van der Waals surface area contributed by atoms with Gasteiger partial charge in [-0.25, -0.2) is 0 Å². The van der Waals surface area contributed by atoms with Gasteiger partial charge in [0, 0.05) is 12.0 Å². The second-order valence-corrected chi connectivity index (χ2v) is 6.03. The van der Waals surface area contributed by atoms with E-state index < -0.39 is 0 Å². The van der Waals surface area contributed by atoms with E-state index in [-0.39, 0.29) is 0 Å². The van der Waals surface area contributed by atoms with Gasteiger partial charge < -0.3 is 9.47 Å². The molecule has 1 aliphatic heterocycles. The lowest BCUT2D eigenvalue weighted by Gasteiger charge is -2.21. The Bertz CT molecular complexity index is 439. The fourth-order valence-corrected chi connectivity index (χ4v) is 3.33. The number of ether oxygens (including phenoxy) is 2. The lowest BCUT2D eigenvalue weighted by molar-refractivity contribution is 0.355. The summed E-state index contributed by atoms with van der Waals surface area (Å²) in [5, 5.41) is 0. The summed E-state index contributed by atoms with van der Waals surface area (Å²) < 4.78 is 11.3. The first kappa shape index (κ1) is 15.2. The van der Waals surface area contributed by atoms with E-state index in [1.165, 1.54) is 36.8 Å². The predicted molar refractivity (Wildman–Crippen MR) is 83.9 cm³/mol.